The summed E-state index contributed by atoms with van der Waals surface area (Å²) in [5.74, 6) is 0.434. The third-order valence-electron chi connectivity index (χ3n) is 3.32. The molecule has 0 aliphatic rings. The van der Waals surface area contributed by atoms with Crippen LogP contribution in [0, 0.1) is 5.82 Å². The Morgan fingerprint density at radius 3 is 2.80 bits per heavy atom. The van der Waals surface area contributed by atoms with E-state index in [0.717, 1.165) is 5.69 Å². The van der Waals surface area contributed by atoms with Gasteiger partial charge in [-0.25, -0.2) is 9.37 Å². The van der Waals surface area contributed by atoms with Crippen LogP contribution in [0.25, 0.3) is 0 Å². The van der Waals surface area contributed by atoms with Crippen molar-refractivity contribution in [1.29, 1.82) is 0 Å². The Bertz CT molecular complexity index is 858. The number of carbonyl (C=O) groups excluding carboxylic acids is 1. The van der Waals surface area contributed by atoms with E-state index in [9.17, 15) is 9.18 Å². The van der Waals surface area contributed by atoms with Crippen LogP contribution in [0.5, 0.6) is 5.75 Å². The van der Waals surface area contributed by atoms with Gasteiger partial charge >= 0.3 is 0 Å². The van der Waals surface area contributed by atoms with E-state index in [0.29, 0.717) is 22.6 Å². The SMILES string of the molecule is CC(C)c1csc(NC(=O)c2cc(COc3ccc(F)cc3)on2)n1. The number of thiazole rings is 1. The summed E-state index contributed by atoms with van der Waals surface area (Å²) in [5, 5.41) is 8.84. The topological polar surface area (TPSA) is 77.2 Å². The molecule has 0 saturated heterocycles. The lowest BCUT2D eigenvalue weighted by molar-refractivity contribution is 0.101. The van der Waals surface area contributed by atoms with Crippen molar-refractivity contribution in [2.75, 3.05) is 5.32 Å². The third kappa shape index (κ3) is 4.42. The zero-order chi connectivity index (χ0) is 17.8. The first-order valence-corrected chi connectivity index (χ1v) is 8.50. The molecular weight excluding hydrogens is 345 g/mol. The Morgan fingerprint density at radius 2 is 2.12 bits per heavy atom. The minimum Gasteiger partial charge on any atom is -0.486 e. The van der Waals surface area contributed by atoms with Crippen molar-refractivity contribution >= 4 is 22.4 Å². The molecule has 2 heterocycles. The summed E-state index contributed by atoms with van der Waals surface area (Å²) in [5.41, 5.74) is 1.06. The molecular formula is C17H16FN3O3S. The number of amides is 1. The van der Waals surface area contributed by atoms with E-state index in [4.69, 9.17) is 9.26 Å². The summed E-state index contributed by atoms with van der Waals surface area (Å²) in [4.78, 5) is 16.5. The minimum atomic E-state index is -0.401. The van der Waals surface area contributed by atoms with Gasteiger partial charge in [0.15, 0.2) is 16.6 Å². The van der Waals surface area contributed by atoms with E-state index in [1.807, 2.05) is 19.2 Å². The van der Waals surface area contributed by atoms with Crippen LogP contribution < -0.4 is 10.1 Å². The fraction of sp³-hybridized carbons (Fsp3) is 0.235. The molecule has 0 spiro atoms. The maximum absolute atomic E-state index is 12.8. The quantitative estimate of drug-likeness (QED) is 0.711. The van der Waals surface area contributed by atoms with E-state index >= 15 is 0 Å². The second kappa shape index (κ2) is 7.43. The monoisotopic (exact) mass is 361 g/mol. The lowest BCUT2D eigenvalue weighted by Crippen LogP contribution is -2.12. The highest BCUT2D eigenvalue weighted by Crippen LogP contribution is 2.22. The van der Waals surface area contributed by atoms with E-state index in [2.05, 4.69) is 15.5 Å². The molecule has 0 aliphatic heterocycles. The summed E-state index contributed by atoms with van der Waals surface area (Å²) in [6.45, 7) is 4.15. The van der Waals surface area contributed by atoms with Gasteiger partial charge in [0.2, 0.25) is 0 Å². The van der Waals surface area contributed by atoms with Crippen LogP contribution in [0.3, 0.4) is 0 Å². The van der Waals surface area contributed by atoms with Crippen molar-refractivity contribution in [3.05, 3.63) is 58.7 Å². The van der Waals surface area contributed by atoms with Gasteiger partial charge in [-0.3, -0.25) is 10.1 Å². The van der Waals surface area contributed by atoms with Gasteiger partial charge in [-0.2, -0.15) is 0 Å². The van der Waals surface area contributed by atoms with Gasteiger partial charge in [0.1, 0.15) is 18.2 Å². The molecule has 0 radical (unpaired) electrons. The molecule has 0 saturated carbocycles. The molecule has 8 heteroatoms. The van der Waals surface area contributed by atoms with Gasteiger partial charge in [0.05, 0.1) is 5.69 Å². The number of halogens is 1. The van der Waals surface area contributed by atoms with Crippen LogP contribution in [0.4, 0.5) is 9.52 Å². The highest BCUT2D eigenvalue weighted by atomic mass is 32.1. The summed E-state index contributed by atoms with van der Waals surface area (Å²) in [6.07, 6.45) is 0. The summed E-state index contributed by atoms with van der Waals surface area (Å²) < 4.78 is 23.4. The first-order chi connectivity index (χ1) is 12.0. The number of rotatable bonds is 6. The maximum Gasteiger partial charge on any atom is 0.279 e. The Hall–Kier alpha value is -2.74. The first kappa shape index (κ1) is 17.1. The number of benzene rings is 1. The van der Waals surface area contributed by atoms with Crippen molar-refractivity contribution < 1.29 is 18.4 Å². The van der Waals surface area contributed by atoms with Crippen molar-refractivity contribution in [3.63, 3.8) is 0 Å². The second-order valence-electron chi connectivity index (χ2n) is 5.61. The van der Waals surface area contributed by atoms with Crippen molar-refractivity contribution in [2.45, 2.75) is 26.4 Å². The van der Waals surface area contributed by atoms with Gasteiger partial charge < -0.3 is 9.26 Å². The van der Waals surface area contributed by atoms with Crippen LogP contribution in [0.2, 0.25) is 0 Å². The molecule has 0 aliphatic carbocycles. The Labute approximate surface area is 147 Å². The van der Waals surface area contributed by atoms with E-state index < -0.39 is 5.91 Å². The van der Waals surface area contributed by atoms with Gasteiger partial charge in [-0.05, 0) is 30.2 Å². The number of ether oxygens (including phenoxy) is 1. The molecule has 1 aromatic carbocycles. The van der Waals surface area contributed by atoms with Crippen LogP contribution in [-0.2, 0) is 6.61 Å². The van der Waals surface area contributed by atoms with E-state index in [1.165, 1.54) is 41.7 Å². The van der Waals surface area contributed by atoms with Gasteiger partial charge in [0.25, 0.3) is 5.91 Å². The van der Waals surface area contributed by atoms with E-state index in [1.54, 1.807) is 0 Å². The third-order valence-corrected chi connectivity index (χ3v) is 4.10. The van der Waals surface area contributed by atoms with Gasteiger partial charge in [-0.15, -0.1) is 11.3 Å². The number of anilines is 1. The molecule has 0 fully saturated rings. The molecule has 3 aromatic rings. The molecule has 25 heavy (non-hydrogen) atoms. The van der Waals surface area contributed by atoms with Gasteiger partial charge in [0, 0.05) is 11.4 Å². The summed E-state index contributed by atoms with van der Waals surface area (Å²) in [6, 6.07) is 7.11. The Balaban J connectivity index is 1.58. The predicted molar refractivity (Wildman–Crippen MR) is 91.4 cm³/mol. The first-order valence-electron chi connectivity index (χ1n) is 7.62. The summed E-state index contributed by atoms with van der Waals surface area (Å²) in [7, 11) is 0. The van der Waals surface area contributed by atoms with Crippen molar-refractivity contribution in [3.8, 4) is 5.75 Å². The number of aromatic nitrogens is 2. The van der Waals surface area contributed by atoms with Crippen LogP contribution >= 0.6 is 11.3 Å². The van der Waals surface area contributed by atoms with Crippen molar-refractivity contribution in [1.82, 2.24) is 10.1 Å². The Kier molecular flexibility index (Phi) is 5.08. The average molecular weight is 361 g/mol. The molecule has 130 valence electrons. The zero-order valence-electron chi connectivity index (χ0n) is 13.7. The standard InChI is InChI=1S/C17H16FN3O3S/c1-10(2)15-9-25-17(19-15)20-16(22)14-7-13(24-21-14)8-23-12-5-3-11(18)4-6-12/h3-7,9-10H,8H2,1-2H3,(H,19,20,22). The molecule has 0 bridgehead atoms. The highest BCUT2D eigenvalue weighted by molar-refractivity contribution is 7.14. The predicted octanol–water partition coefficient (Wildman–Crippen LogP) is 4.22. The molecule has 2 aromatic heterocycles. The second-order valence-corrected chi connectivity index (χ2v) is 6.47. The number of nitrogens with zero attached hydrogens (tertiary/aromatic N) is 2. The number of carbonyl (C=O) groups is 1. The molecule has 0 atom stereocenters. The summed E-state index contributed by atoms with van der Waals surface area (Å²) >= 11 is 1.36. The molecule has 0 unspecified atom stereocenters. The number of hydrogen-bond donors (Lipinski definition) is 1. The fourth-order valence-electron chi connectivity index (χ4n) is 1.94. The smallest absolute Gasteiger partial charge is 0.279 e. The van der Waals surface area contributed by atoms with Gasteiger partial charge in [-0.1, -0.05) is 19.0 Å². The normalized spacial score (nSPS) is 10.9. The largest absolute Gasteiger partial charge is 0.486 e. The molecule has 6 nitrogen and oxygen atoms in total. The van der Waals surface area contributed by atoms with Crippen LogP contribution in [-0.4, -0.2) is 16.0 Å². The zero-order valence-corrected chi connectivity index (χ0v) is 14.5. The molecule has 1 amide bonds. The molecule has 3 rings (SSSR count). The lowest BCUT2D eigenvalue weighted by atomic mass is 10.2. The van der Waals surface area contributed by atoms with Crippen LogP contribution in [0.15, 0.2) is 40.2 Å². The number of nitrogens with one attached hydrogen (secondary N) is 1. The lowest BCUT2D eigenvalue weighted by Gasteiger charge is -2.02. The molecule has 1 N–H and O–H groups in total. The fourth-order valence-corrected chi connectivity index (χ4v) is 2.81. The van der Waals surface area contributed by atoms with Crippen molar-refractivity contribution in [2.24, 2.45) is 0 Å². The average Bonchev–Trinajstić information content (AvgIpc) is 3.23. The van der Waals surface area contributed by atoms with Crippen LogP contribution in [0.1, 0.15) is 41.7 Å². The number of hydrogen-bond acceptors (Lipinski definition) is 6. The highest BCUT2D eigenvalue weighted by Gasteiger charge is 2.15. The minimum absolute atomic E-state index is 0.0840. The van der Waals surface area contributed by atoms with E-state index in [-0.39, 0.29) is 18.1 Å². The Morgan fingerprint density at radius 1 is 1.36 bits per heavy atom. The maximum atomic E-state index is 12.8.